The van der Waals surface area contributed by atoms with Crippen molar-refractivity contribution in [3.05, 3.63) is 0 Å². The average Bonchev–Trinajstić information content (AvgIpc) is 0.918. The van der Waals surface area contributed by atoms with E-state index in [2.05, 4.69) is 18.8 Å². The molecular formula is H3B2PS. The van der Waals surface area contributed by atoms with Gasteiger partial charge < -0.3 is 0 Å². The van der Waals surface area contributed by atoms with E-state index >= 15 is 0 Å². The SMILES string of the molecule is B.B#P=S. The van der Waals surface area contributed by atoms with E-state index in [-0.39, 0.29) is 8.41 Å². The normalized spacial score (nSPS) is 3.50. The Balaban J connectivity index is 0. The molecule has 0 radical (unpaired) electrons. The molecule has 0 aromatic carbocycles. The molecular weight excluding hydrogens is 84.7 g/mol. The Kier molecular flexibility index (Phi) is 20.4. The van der Waals surface area contributed by atoms with Crippen LogP contribution in [0.2, 0.25) is 0 Å². The van der Waals surface area contributed by atoms with Crippen molar-refractivity contribution in [1.82, 2.24) is 0 Å². The summed E-state index contributed by atoms with van der Waals surface area (Å²) in [5.74, 6) is 0. The van der Waals surface area contributed by atoms with E-state index in [1.165, 1.54) is 0 Å². The fourth-order valence-corrected chi connectivity index (χ4v) is 0. The van der Waals surface area contributed by atoms with E-state index in [0.717, 1.165) is 0 Å². The van der Waals surface area contributed by atoms with Crippen molar-refractivity contribution in [1.29, 1.82) is 0 Å². The van der Waals surface area contributed by atoms with Crippen LogP contribution in [-0.2, 0) is 11.8 Å². The van der Waals surface area contributed by atoms with E-state index in [4.69, 9.17) is 0 Å². The summed E-state index contributed by atoms with van der Waals surface area (Å²) in [6.45, 7) is 0.500. The molecule has 0 aromatic heterocycles. The van der Waals surface area contributed by atoms with Gasteiger partial charge in [0, 0.05) is 0 Å². The zero-order chi connectivity index (χ0) is 2.71. The van der Waals surface area contributed by atoms with Crippen LogP contribution in [0.3, 0.4) is 0 Å². The summed E-state index contributed by atoms with van der Waals surface area (Å²) in [6.07, 6.45) is 0. The van der Waals surface area contributed by atoms with Gasteiger partial charge >= 0.3 is 25.5 Å². The van der Waals surface area contributed by atoms with Gasteiger partial charge in [-0.25, -0.2) is 0 Å². The second kappa shape index (κ2) is 9.22. The van der Waals surface area contributed by atoms with Crippen LogP contribution in [0.25, 0.3) is 0 Å². The fraction of sp³-hybridized carbons (Fsp3) is 0. The van der Waals surface area contributed by atoms with Crippen LogP contribution in [0.5, 0.6) is 0 Å². The Morgan fingerprint density at radius 1 is 1.75 bits per heavy atom. The molecule has 0 heterocycles. The Morgan fingerprint density at radius 3 is 1.75 bits per heavy atom. The van der Waals surface area contributed by atoms with Crippen LogP contribution in [0.15, 0.2) is 0 Å². The van der Waals surface area contributed by atoms with Gasteiger partial charge in [-0.3, -0.25) is 0 Å². The molecule has 0 aliphatic carbocycles. The summed E-state index contributed by atoms with van der Waals surface area (Å²) in [5.41, 5.74) is 0. The van der Waals surface area contributed by atoms with Gasteiger partial charge in [-0.2, -0.15) is 0 Å². The molecule has 4 heavy (non-hydrogen) atoms. The Bertz CT molecular complexity index is 52.2. The molecule has 4 heteroatoms. The van der Waals surface area contributed by atoms with Crippen LogP contribution in [0, 0.1) is 0 Å². The summed E-state index contributed by atoms with van der Waals surface area (Å²) < 4.78 is 0. The van der Waals surface area contributed by atoms with Gasteiger partial charge in [0.25, 0.3) is 0 Å². The van der Waals surface area contributed by atoms with Crippen LogP contribution in [-0.4, -0.2) is 15.4 Å². The monoisotopic (exact) mass is 88.0 g/mol. The summed E-state index contributed by atoms with van der Waals surface area (Å²) in [4.78, 5) is 0. The third kappa shape index (κ3) is 14.5. The first-order chi connectivity index (χ1) is 1.41. The molecule has 0 rings (SSSR count). The molecule has 0 saturated carbocycles. The Labute approximate surface area is 34.6 Å². The molecule has 0 amide bonds. The number of hydrogen-bond donors (Lipinski definition) is 0. The molecule has 0 spiro atoms. The molecule has 0 nitrogen and oxygen atoms in total. The number of rotatable bonds is 0. The summed E-state index contributed by atoms with van der Waals surface area (Å²) in [5, 5.41) is 0. The third-order valence-corrected chi connectivity index (χ3v) is 0. The third-order valence-electron chi connectivity index (χ3n) is 0. The minimum atomic E-state index is 0. The van der Waals surface area contributed by atoms with E-state index in [1.807, 2.05) is 0 Å². The van der Waals surface area contributed by atoms with E-state index in [0.29, 0.717) is 6.67 Å². The molecule has 0 aliphatic rings. The average molecular weight is 87.7 g/mol. The maximum absolute atomic E-state index is 4.63. The van der Waals surface area contributed by atoms with Crippen LogP contribution in [0.1, 0.15) is 0 Å². The maximum atomic E-state index is 4.63. The van der Waals surface area contributed by atoms with E-state index in [1.54, 1.807) is 0 Å². The van der Waals surface area contributed by atoms with Gasteiger partial charge in [-0.1, -0.05) is 0 Å². The molecule has 0 bridgehead atoms. The predicted molar refractivity (Wildman–Crippen MR) is 30.0 cm³/mol. The molecule has 0 saturated heterocycles. The van der Waals surface area contributed by atoms with Crippen molar-refractivity contribution < 1.29 is 0 Å². The molecule has 0 atom stereocenters. The minimum absolute atomic E-state index is 0. The van der Waals surface area contributed by atoms with Crippen LogP contribution < -0.4 is 0 Å². The molecule has 0 fully saturated rings. The van der Waals surface area contributed by atoms with Crippen molar-refractivity contribution in [3.8, 4) is 0 Å². The summed E-state index contributed by atoms with van der Waals surface area (Å²) in [6, 6.07) is 0. The summed E-state index contributed by atoms with van der Waals surface area (Å²) >= 11 is 4.14. The van der Waals surface area contributed by atoms with E-state index < -0.39 is 0 Å². The Morgan fingerprint density at radius 2 is 1.75 bits per heavy atom. The second-order valence-corrected chi connectivity index (χ2v) is 0.949. The van der Waals surface area contributed by atoms with Gasteiger partial charge in [0.1, 0.15) is 0 Å². The van der Waals surface area contributed by atoms with Crippen LogP contribution in [0.4, 0.5) is 0 Å². The second-order valence-electron chi connectivity index (χ2n) is 0.105. The van der Waals surface area contributed by atoms with Gasteiger partial charge in [0.2, 0.25) is 0 Å². The zero-order valence-corrected chi connectivity index (χ0v) is 3.14. The molecule has 0 unspecified atom stereocenters. The molecule has 0 aliphatic heterocycles. The fourth-order valence-electron chi connectivity index (χ4n) is 0. The first-order valence-electron chi connectivity index (χ1n) is 0.441. The quantitative estimate of drug-likeness (QED) is 0.278. The van der Waals surface area contributed by atoms with Crippen molar-refractivity contribution >= 4 is 33.9 Å². The number of hydrogen-bond acceptors (Lipinski definition) is 1. The first kappa shape index (κ1) is 8.84. The van der Waals surface area contributed by atoms with Gasteiger partial charge in [-0.05, 0) is 0 Å². The van der Waals surface area contributed by atoms with Crippen molar-refractivity contribution in [2.45, 2.75) is 0 Å². The predicted octanol–water partition coefficient (Wildman–Crippen LogP) is -0.706. The van der Waals surface area contributed by atoms with Crippen molar-refractivity contribution in [2.75, 3.05) is 0 Å². The van der Waals surface area contributed by atoms with Crippen molar-refractivity contribution in [3.63, 3.8) is 0 Å². The van der Waals surface area contributed by atoms with Crippen LogP contribution >= 0.6 is 6.67 Å². The van der Waals surface area contributed by atoms with Gasteiger partial charge in [0.05, 0.1) is 8.41 Å². The topological polar surface area (TPSA) is 0 Å². The standard InChI is InChI=1S/BPS.BH3/c1-2-3;/h;1H3. The molecule has 20 valence electrons. The van der Waals surface area contributed by atoms with Gasteiger partial charge in [-0.15, -0.1) is 0 Å². The zero-order valence-electron chi connectivity index (χ0n) is 1.43. The van der Waals surface area contributed by atoms with Crippen molar-refractivity contribution in [2.24, 2.45) is 0 Å². The Hall–Kier alpha value is 0.780. The molecule has 0 aromatic rings. The molecule has 0 N–H and O–H groups in total. The van der Waals surface area contributed by atoms with E-state index in [9.17, 15) is 0 Å². The first-order valence-corrected chi connectivity index (χ1v) is 2.42. The van der Waals surface area contributed by atoms with Gasteiger partial charge in [0.15, 0.2) is 0 Å². The summed E-state index contributed by atoms with van der Waals surface area (Å²) in [7, 11) is 4.63.